The van der Waals surface area contributed by atoms with Gasteiger partial charge in [-0.05, 0) is 61.5 Å². The Balaban J connectivity index is 1.71. The van der Waals surface area contributed by atoms with Crippen LogP contribution in [0.15, 0.2) is 65.6 Å². The minimum atomic E-state index is -4.12. The molecule has 0 aromatic heterocycles. The fourth-order valence-electron chi connectivity index (χ4n) is 3.60. The fraction of sp³-hybridized carbons (Fsp3) is 0.208. The number of hydrogen-bond donors (Lipinski definition) is 1. The maximum Gasteiger partial charge on any atom is 0.264 e. The van der Waals surface area contributed by atoms with Crippen molar-refractivity contribution in [3.63, 3.8) is 0 Å². The summed E-state index contributed by atoms with van der Waals surface area (Å²) in [6.07, 6.45) is -0.602. The summed E-state index contributed by atoms with van der Waals surface area (Å²) in [5.74, 6) is -1.92. The first kappa shape index (κ1) is 24.9. The van der Waals surface area contributed by atoms with E-state index in [1.165, 1.54) is 42.5 Å². The Bertz CT molecular complexity index is 1330. The molecular weight excluding hydrogens is 502 g/mol. The van der Waals surface area contributed by atoms with Crippen molar-refractivity contribution in [2.45, 2.75) is 17.9 Å². The highest BCUT2D eigenvalue weighted by atomic mass is 35.5. The Morgan fingerprint density at radius 3 is 2.60 bits per heavy atom. The van der Waals surface area contributed by atoms with Crippen LogP contribution in [0.1, 0.15) is 17.3 Å². The first-order valence-corrected chi connectivity index (χ1v) is 12.4. The predicted octanol–water partition coefficient (Wildman–Crippen LogP) is 4.86. The third-order valence-electron chi connectivity index (χ3n) is 5.25. The van der Waals surface area contributed by atoms with Crippen molar-refractivity contribution in [1.82, 2.24) is 0 Å². The first-order chi connectivity index (χ1) is 16.7. The van der Waals surface area contributed by atoms with E-state index >= 15 is 0 Å². The second-order valence-corrected chi connectivity index (χ2v) is 9.89. The SMILES string of the molecule is CCOCC1CN(S(=O)(=O)c2ccc(F)cc2)c2cc(NC(=O)c3c(F)cccc3Cl)ccc2O1. The number of carbonyl (C=O) groups excluding carboxylic acids is 1. The molecule has 1 heterocycles. The van der Waals surface area contributed by atoms with Crippen LogP contribution in [0.2, 0.25) is 5.02 Å². The van der Waals surface area contributed by atoms with Gasteiger partial charge in [0.2, 0.25) is 0 Å². The Hall–Kier alpha value is -3.21. The molecule has 1 amide bonds. The first-order valence-electron chi connectivity index (χ1n) is 10.6. The van der Waals surface area contributed by atoms with Crippen LogP contribution in [0.3, 0.4) is 0 Å². The highest BCUT2D eigenvalue weighted by molar-refractivity contribution is 7.92. The summed E-state index contributed by atoms with van der Waals surface area (Å²) in [6.45, 7) is 2.29. The van der Waals surface area contributed by atoms with Gasteiger partial charge in [-0.1, -0.05) is 17.7 Å². The number of hydrogen-bond acceptors (Lipinski definition) is 5. The lowest BCUT2D eigenvalue weighted by Gasteiger charge is -2.35. The average Bonchev–Trinajstić information content (AvgIpc) is 2.82. The van der Waals surface area contributed by atoms with Gasteiger partial charge in [-0.25, -0.2) is 17.2 Å². The van der Waals surface area contributed by atoms with Crippen molar-refractivity contribution in [2.75, 3.05) is 29.4 Å². The molecule has 3 aromatic carbocycles. The van der Waals surface area contributed by atoms with Gasteiger partial charge in [0.05, 0.1) is 34.3 Å². The highest BCUT2D eigenvalue weighted by Gasteiger charge is 2.35. The molecule has 1 aliphatic heterocycles. The van der Waals surface area contributed by atoms with Gasteiger partial charge in [-0.15, -0.1) is 0 Å². The van der Waals surface area contributed by atoms with E-state index < -0.39 is 33.7 Å². The van der Waals surface area contributed by atoms with Crippen LogP contribution in [-0.2, 0) is 14.8 Å². The number of ether oxygens (including phenoxy) is 2. The topological polar surface area (TPSA) is 84.9 Å². The Labute approximate surface area is 206 Å². The monoisotopic (exact) mass is 522 g/mol. The molecule has 35 heavy (non-hydrogen) atoms. The summed E-state index contributed by atoms with van der Waals surface area (Å²) in [4.78, 5) is 12.6. The predicted molar refractivity (Wildman–Crippen MR) is 128 cm³/mol. The number of nitrogens with one attached hydrogen (secondary N) is 1. The molecule has 184 valence electrons. The quantitative estimate of drug-likeness (QED) is 0.479. The lowest BCUT2D eigenvalue weighted by atomic mass is 10.1. The summed E-state index contributed by atoms with van der Waals surface area (Å²) in [6, 6.07) is 12.7. The molecule has 1 aliphatic rings. The molecule has 11 heteroatoms. The van der Waals surface area contributed by atoms with Crippen molar-refractivity contribution in [2.24, 2.45) is 0 Å². The maximum atomic E-state index is 14.2. The molecule has 1 N–H and O–H groups in total. The molecule has 0 fully saturated rings. The van der Waals surface area contributed by atoms with Crippen LogP contribution in [-0.4, -0.2) is 40.2 Å². The zero-order valence-corrected chi connectivity index (χ0v) is 20.1. The van der Waals surface area contributed by atoms with Crippen molar-refractivity contribution in [3.8, 4) is 5.75 Å². The van der Waals surface area contributed by atoms with E-state index in [-0.39, 0.29) is 45.8 Å². The number of carbonyl (C=O) groups is 1. The zero-order valence-electron chi connectivity index (χ0n) is 18.5. The maximum absolute atomic E-state index is 14.2. The minimum absolute atomic E-state index is 0.0666. The minimum Gasteiger partial charge on any atom is -0.484 e. The number of sulfonamides is 1. The smallest absolute Gasteiger partial charge is 0.264 e. The van der Waals surface area contributed by atoms with Gasteiger partial charge in [-0.3, -0.25) is 9.10 Å². The van der Waals surface area contributed by atoms with Crippen LogP contribution in [0.4, 0.5) is 20.2 Å². The van der Waals surface area contributed by atoms with E-state index in [1.54, 1.807) is 6.92 Å². The number of anilines is 2. The van der Waals surface area contributed by atoms with Crippen LogP contribution in [0, 0.1) is 11.6 Å². The largest absolute Gasteiger partial charge is 0.484 e. The van der Waals surface area contributed by atoms with E-state index in [1.807, 2.05) is 0 Å². The number of fused-ring (bicyclic) bond motifs is 1. The van der Waals surface area contributed by atoms with Crippen molar-refractivity contribution in [3.05, 3.63) is 82.9 Å². The second kappa shape index (κ2) is 10.2. The van der Waals surface area contributed by atoms with Crippen molar-refractivity contribution < 1.29 is 31.5 Å². The lowest BCUT2D eigenvalue weighted by molar-refractivity contribution is 0.0577. The van der Waals surface area contributed by atoms with Crippen LogP contribution in [0.25, 0.3) is 0 Å². The van der Waals surface area contributed by atoms with E-state index in [9.17, 15) is 22.0 Å². The van der Waals surface area contributed by atoms with E-state index in [0.29, 0.717) is 6.61 Å². The average molecular weight is 523 g/mol. The summed E-state index contributed by atoms with van der Waals surface area (Å²) in [7, 11) is -4.12. The van der Waals surface area contributed by atoms with Crippen LogP contribution < -0.4 is 14.4 Å². The standard InChI is InChI=1S/C24H21ClF2N2O5S/c1-2-33-14-17-13-29(35(31,32)18-9-6-15(26)7-10-18)21-12-16(8-11-22(21)34-17)28-24(30)23-19(25)4-3-5-20(23)27/h3-12,17H,2,13-14H2,1H3,(H,28,30). The number of rotatable bonds is 7. The summed E-state index contributed by atoms with van der Waals surface area (Å²) < 4.78 is 67.0. The van der Waals surface area contributed by atoms with Gasteiger partial charge in [0, 0.05) is 12.3 Å². The zero-order chi connectivity index (χ0) is 25.2. The molecular formula is C24H21ClF2N2O5S. The van der Waals surface area contributed by atoms with Gasteiger partial charge in [0.1, 0.15) is 23.5 Å². The molecule has 4 rings (SSSR count). The van der Waals surface area contributed by atoms with Crippen LogP contribution >= 0.6 is 11.6 Å². The highest BCUT2D eigenvalue weighted by Crippen LogP contribution is 2.39. The normalized spacial score (nSPS) is 15.3. The van der Waals surface area contributed by atoms with Gasteiger partial charge in [0.15, 0.2) is 0 Å². The molecule has 3 aromatic rings. The summed E-state index contributed by atoms with van der Waals surface area (Å²) in [5.41, 5.74) is 0.00874. The molecule has 0 saturated carbocycles. The Morgan fingerprint density at radius 2 is 1.91 bits per heavy atom. The molecule has 0 aliphatic carbocycles. The summed E-state index contributed by atoms with van der Waals surface area (Å²) >= 11 is 5.98. The third-order valence-corrected chi connectivity index (χ3v) is 7.36. The second-order valence-electron chi connectivity index (χ2n) is 7.62. The van der Waals surface area contributed by atoms with Gasteiger partial charge in [-0.2, -0.15) is 0 Å². The molecule has 7 nitrogen and oxygen atoms in total. The molecule has 1 unspecified atom stereocenters. The number of benzene rings is 3. The Morgan fingerprint density at radius 1 is 1.17 bits per heavy atom. The molecule has 1 atom stereocenters. The van der Waals surface area contributed by atoms with Gasteiger partial charge >= 0.3 is 0 Å². The molecule has 0 bridgehead atoms. The Kier molecular flexibility index (Phi) is 7.25. The molecule has 0 saturated heterocycles. The van der Waals surface area contributed by atoms with E-state index in [4.69, 9.17) is 21.1 Å². The number of nitrogens with zero attached hydrogens (tertiary/aromatic N) is 1. The van der Waals surface area contributed by atoms with E-state index in [2.05, 4.69) is 5.32 Å². The molecule has 0 spiro atoms. The summed E-state index contributed by atoms with van der Waals surface area (Å²) in [5, 5.41) is 2.47. The van der Waals surface area contributed by atoms with E-state index in [0.717, 1.165) is 22.5 Å². The lowest BCUT2D eigenvalue weighted by Crippen LogP contribution is -2.45. The van der Waals surface area contributed by atoms with Gasteiger partial charge in [0.25, 0.3) is 15.9 Å². The molecule has 0 radical (unpaired) electrons. The van der Waals surface area contributed by atoms with Crippen molar-refractivity contribution >= 4 is 38.9 Å². The van der Waals surface area contributed by atoms with Crippen LogP contribution in [0.5, 0.6) is 5.75 Å². The van der Waals surface area contributed by atoms with Crippen molar-refractivity contribution in [1.29, 1.82) is 0 Å². The third kappa shape index (κ3) is 5.24. The van der Waals surface area contributed by atoms with Gasteiger partial charge < -0.3 is 14.8 Å². The number of amides is 1. The number of halogens is 3. The fourth-order valence-corrected chi connectivity index (χ4v) is 5.34.